The van der Waals surface area contributed by atoms with Gasteiger partial charge in [-0.05, 0) is 36.1 Å². The molecule has 0 amide bonds. The highest BCUT2D eigenvalue weighted by atomic mass is 19.3. The molecule has 1 heterocycles. The Labute approximate surface area is 168 Å². The number of rotatable bonds is 8. The Hall–Kier alpha value is -3.09. The second-order valence-electron chi connectivity index (χ2n) is 6.85. The van der Waals surface area contributed by atoms with Crippen LogP contribution in [0.5, 0.6) is 0 Å². The van der Waals surface area contributed by atoms with Gasteiger partial charge in [0.25, 0.3) is 0 Å². The molecule has 7 heteroatoms. The van der Waals surface area contributed by atoms with Crippen LogP contribution in [-0.2, 0) is 18.9 Å². The van der Waals surface area contributed by atoms with Gasteiger partial charge in [0.15, 0.2) is 0 Å². The molecule has 0 aliphatic rings. The average Bonchev–Trinajstić information content (AvgIpc) is 3.12. The number of aromatic carboxylic acids is 1. The van der Waals surface area contributed by atoms with Crippen molar-refractivity contribution in [3.8, 4) is 11.1 Å². The number of aromatic nitrogens is 3. The van der Waals surface area contributed by atoms with Gasteiger partial charge in [-0.25, -0.2) is 14.5 Å². The fourth-order valence-corrected chi connectivity index (χ4v) is 3.27. The number of benzene rings is 2. The summed E-state index contributed by atoms with van der Waals surface area (Å²) < 4.78 is 29.9. The van der Waals surface area contributed by atoms with Crippen LogP contribution in [0.25, 0.3) is 11.1 Å². The minimum atomic E-state index is -3.08. The van der Waals surface area contributed by atoms with Gasteiger partial charge in [-0.2, -0.15) is 8.78 Å². The Morgan fingerprint density at radius 1 is 1.14 bits per heavy atom. The number of nitrogens with zero attached hydrogens (tertiary/aromatic N) is 3. The van der Waals surface area contributed by atoms with E-state index >= 15 is 0 Å². The van der Waals surface area contributed by atoms with Crippen LogP contribution >= 0.6 is 0 Å². The molecule has 152 valence electrons. The van der Waals surface area contributed by atoms with Crippen molar-refractivity contribution in [2.45, 2.75) is 45.6 Å². The van der Waals surface area contributed by atoms with E-state index in [0.717, 1.165) is 5.56 Å². The Balaban J connectivity index is 1.96. The van der Waals surface area contributed by atoms with Crippen molar-refractivity contribution in [2.75, 3.05) is 0 Å². The third kappa shape index (κ3) is 4.50. The fraction of sp³-hybridized carbons (Fsp3) is 0.318. The van der Waals surface area contributed by atoms with Crippen LogP contribution in [0.15, 0.2) is 48.5 Å². The van der Waals surface area contributed by atoms with Crippen molar-refractivity contribution >= 4 is 5.97 Å². The van der Waals surface area contributed by atoms with Crippen LogP contribution < -0.4 is 0 Å². The first-order valence-corrected chi connectivity index (χ1v) is 9.59. The molecule has 0 unspecified atom stereocenters. The summed E-state index contributed by atoms with van der Waals surface area (Å²) >= 11 is 0. The van der Waals surface area contributed by atoms with E-state index in [-0.39, 0.29) is 18.4 Å². The lowest BCUT2D eigenvalue weighted by Gasteiger charge is -2.10. The van der Waals surface area contributed by atoms with Crippen molar-refractivity contribution in [1.82, 2.24) is 14.8 Å². The number of aryl methyl sites for hydroxylation is 1. The molecule has 1 aromatic heterocycles. The quantitative estimate of drug-likeness (QED) is 0.569. The summed E-state index contributed by atoms with van der Waals surface area (Å²) in [5.41, 5.74) is 2.24. The molecule has 0 spiro atoms. The molecule has 29 heavy (non-hydrogen) atoms. The third-order valence-corrected chi connectivity index (χ3v) is 4.70. The summed E-state index contributed by atoms with van der Waals surface area (Å²) in [4.78, 5) is 15.9. The first-order valence-electron chi connectivity index (χ1n) is 9.59. The molecule has 0 saturated heterocycles. The fourth-order valence-electron chi connectivity index (χ4n) is 3.27. The molecule has 0 radical (unpaired) electrons. The Morgan fingerprint density at radius 2 is 1.86 bits per heavy atom. The summed E-state index contributed by atoms with van der Waals surface area (Å²) in [7, 11) is 0. The summed E-state index contributed by atoms with van der Waals surface area (Å²) in [6, 6.07) is 14.4. The first-order chi connectivity index (χ1) is 13.9. The largest absolute Gasteiger partial charge is 0.478 e. The Kier molecular flexibility index (Phi) is 6.06. The lowest BCUT2D eigenvalue weighted by Crippen LogP contribution is -2.15. The molecule has 0 bridgehead atoms. The smallest absolute Gasteiger partial charge is 0.336 e. The van der Waals surface area contributed by atoms with Gasteiger partial charge < -0.3 is 5.11 Å². The molecule has 0 aliphatic heterocycles. The summed E-state index contributed by atoms with van der Waals surface area (Å²) in [6.45, 7) is 3.90. The second kappa shape index (κ2) is 8.51. The van der Waals surface area contributed by atoms with Gasteiger partial charge in [-0.1, -0.05) is 49.4 Å². The summed E-state index contributed by atoms with van der Waals surface area (Å²) in [5.74, 6) is -4.21. The van der Waals surface area contributed by atoms with Gasteiger partial charge >= 0.3 is 11.9 Å². The van der Waals surface area contributed by atoms with E-state index in [1.54, 1.807) is 32.0 Å². The van der Waals surface area contributed by atoms with Crippen molar-refractivity contribution in [3.05, 3.63) is 71.3 Å². The van der Waals surface area contributed by atoms with Crippen molar-refractivity contribution < 1.29 is 18.7 Å². The molecule has 0 atom stereocenters. The van der Waals surface area contributed by atoms with Gasteiger partial charge in [-0.3, -0.25) is 0 Å². The number of halogens is 2. The molecule has 0 aliphatic carbocycles. The molecular weight excluding hydrogens is 376 g/mol. The van der Waals surface area contributed by atoms with Crippen LogP contribution in [0.3, 0.4) is 0 Å². The minimum absolute atomic E-state index is 0.160. The zero-order chi connectivity index (χ0) is 21.0. The second-order valence-corrected chi connectivity index (χ2v) is 6.85. The zero-order valence-corrected chi connectivity index (χ0v) is 16.4. The monoisotopic (exact) mass is 399 g/mol. The summed E-state index contributed by atoms with van der Waals surface area (Å²) in [5, 5.41) is 13.6. The normalized spacial score (nSPS) is 11.6. The van der Waals surface area contributed by atoms with E-state index in [9.17, 15) is 18.7 Å². The predicted octanol–water partition coefficient (Wildman–Crippen LogP) is 5.15. The lowest BCUT2D eigenvalue weighted by atomic mass is 9.96. The van der Waals surface area contributed by atoms with E-state index in [4.69, 9.17) is 0 Å². The van der Waals surface area contributed by atoms with Crippen molar-refractivity contribution in [2.24, 2.45) is 0 Å². The molecule has 0 fully saturated rings. The van der Waals surface area contributed by atoms with Crippen LogP contribution in [0, 0.1) is 0 Å². The number of carboxylic acids is 1. The van der Waals surface area contributed by atoms with Crippen molar-refractivity contribution in [3.63, 3.8) is 0 Å². The third-order valence-electron chi connectivity index (χ3n) is 4.70. The van der Waals surface area contributed by atoms with E-state index < -0.39 is 17.7 Å². The molecule has 3 aromatic rings. The molecule has 3 rings (SSSR count). The topological polar surface area (TPSA) is 68.0 Å². The highest BCUT2D eigenvalue weighted by Gasteiger charge is 2.36. The number of alkyl halides is 2. The lowest BCUT2D eigenvalue weighted by molar-refractivity contribution is -0.0232. The van der Waals surface area contributed by atoms with Gasteiger partial charge in [0.1, 0.15) is 5.82 Å². The molecule has 1 N–H and O–H groups in total. The van der Waals surface area contributed by atoms with Gasteiger partial charge in [-0.15, -0.1) is 5.10 Å². The van der Waals surface area contributed by atoms with Crippen LogP contribution in [0.2, 0.25) is 0 Å². The van der Waals surface area contributed by atoms with Gasteiger partial charge in [0.2, 0.25) is 5.82 Å². The maximum atomic E-state index is 14.2. The van der Waals surface area contributed by atoms with E-state index in [1.165, 1.54) is 4.68 Å². The first kappa shape index (κ1) is 20.6. The van der Waals surface area contributed by atoms with Gasteiger partial charge in [0.05, 0.1) is 5.56 Å². The molecule has 0 saturated carbocycles. The number of carbonyl (C=O) groups is 1. The van der Waals surface area contributed by atoms with Gasteiger partial charge in [0, 0.05) is 19.4 Å². The maximum absolute atomic E-state index is 14.2. The zero-order valence-electron chi connectivity index (χ0n) is 16.4. The Bertz CT molecular complexity index is 1000. The van der Waals surface area contributed by atoms with E-state index in [1.807, 2.05) is 30.3 Å². The minimum Gasteiger partial charge on any atom is -0.478 e. The van der Waals surface area contributed by atoms with E-state index in [0.29, 0.717) is 29.9 Å². The van der Waals surface area contributed by atoms with Crippen LogP contribution in [0.4, 0.5) is 8.78 Å². The SMILES string of the molecule is CCCC(F)(F)c1nc(Cc2ccc(-c3ccccc3)c(C(=O)O)c2)n(CC)n1. The number of carboxylic acid groups (broad SMARTS) is 1. The Morgan fingerprint density at radius 3 is 2.48 bits per heavy atom. The maximum Gasteiger partial charge on any atom is 0.336 e. The number of hydrogen-bond acceptors (Lipinski definition) is 3. The average molecular weight is 399 g/mol. The summed E-state index contributed by atoms with van der Waals surface area (Å²) in [6.07, 6.45) is 0.236. The molecule has 2 aromatic carbocycles. The van der Waals surface area contributed by atoms with Crippen LogP contribution in [-0.4, -0.2) is 25.8 Å². The highest BCUT2D eigenvalue weighted by Crippen LogP contribution is 2.31. The molecular formula is C22H23F2N3O2. The predicted molar refractivity (Wildman–Crippen MR) is 106 cm³/mol. The highest BCUT2D eigenvalue weighted by molar-refractivity contribution is 5.96. The van der Waals surface area contributed by atoms with Crippen molar-refractivity contribution in [1.29, 1.82) is 0 Å². The van der Waals surface area contributed by atoms with Crippen LogP contribution in [0.1, 0.15) is 54.3 Å². The van der Waals surface area contributed by atoms with E-state index in [2.05, 4.69) is 10.1 Å². The number of hydrogen-bond donors (Lipinski definition) is 1. The molecule has 5 nitrogen and oxygen atoms in total. The standard InChI is InChI=1S/C22H23F2N3O2/c1-3-12-22(23,24)21-25-19(27(4-2)26-21)14-15-10-11-17(18(13-15)20(28)29)16-8-6-5-7-9-16/h5-11,13H,3-4,12,14H2,1-2H3,(H,28,29).